The Balaban J connectivity index is 2.12. The van der Waals surface area contributed by atoms with Crippen molar-refractivity contribution in [2.24, 2.45) is 0 Å². The van der Waals surface area contributed by atoms with E-state index in [4.69, 9.17) is 4.74 Å². The molecule has 0 atom stereocenters. The minimum Gasteiger partial charge on any atom is -0.490 e. The highest BCUT2D eigenvalue weighted by Crippen LogP contribution is 2.39. The molecule has 1 aliphatic carbocycles. The number of nitrogens with zero attached hydrogens (tertiary/aromatic N) is 1. The molecular weight excluding hydrogens is 222 g/mol. The zero-order valence-electron chi connectivity index (χ0n) is 9.68. The quantitative estimate of drug-likeness (QED) is 0.628. The van der Waals surface area contributed by atoms with Crippen LogP contribution in [0, 0.1) is 10.1 Å². The highest BCUT2D eigenvalue weighted by molar-refractivity contribution is 5.48. The van der Waals surface area contributed by atoms with E-state index >= 15 is 0 Å². The molecule has 1 saturated carbocycles. The van der Waals surface area contributed by atoms with Crippen LogP contribution in [-0.2, 0) is 6.42 Å². The molecule has 0 heterocycles. The van der Waals surface area contributed by atoms with Crippen LogP contribution in [0.1, 0.15) is 24.8 Å². The third kappa shape index (κ3) is 2.74. The molecule has 17 heavy (non-hydrogen) atoms. The first-order valence-corrected chi connectivity index (χ1v) is 5.58. The lowest BCUT2D eigenvalue weighted by molar-refractivity contribution is -0.385. The molecule has 0 unspecified atom stereocenters. The van der Waals surface area contributed by atoms with E-state index in [2.05, 4.69) is 0 Å². The Labute approximate surface area is 99.2 Å². The van der Waals surface area contributed by atoms with Crippen LogP contribution in [0.3, 0.4) is 0 Å². The van der Waals surface area contributed by atoms with Crippen LogP contribution in [-0.4, -0.2) is 22.7 Å². The third-order valence-corrected chi connectivity index (χ3v) is 3.15. The minimum absolute atomic E-state index is 0.0206. The first kappa shape index (κ1) is 11.9. The summed E-state index contributed by atoms with van der Waals surface area (Å²) in [5.74, 6) is 0.267. The summed E-state index contributed by atoms with van der Waals surface area (Å²) in [4.78, 5) is 10.4. The average molecular weight is 237 g/mol. The number of hydrogen-bond donors (Lipinski definition) is 1. The number of ether oxygens (including phenoxy) is 1. The van der Waals surface area contributed by atoms with Crippen LogP contribution in [0.4, 0.5) is 5.69 Å². The summed E-state index contributed by atoms with van der Waals surface area (Å²) in [7, 11) is 1.41. The van der Waals surface area contributed by atoms with Gasteiger partial charge in [-0.15, -0.1) is 0 Å². The number of aliphatic hydroxyl groups is 1. The number of aryl methyl sites for hydroxylation is 1. The van der Waals surface area contributed by atoms with Gasteiger partial charge in [-0.2, -0.15) is 0 Å². The van der Waals surface area contributed by atoms with Crippen molar-refractivity contribution >= 4 is 5.69 Å². The van der Waals surface area contributed by atoms with Crippen molar-refractivity contribution in [2.75, 3.05) is 7.11 Å². The van der Waals surface area contributed by atoms with Crippen molar-refractivity contribution in [2.45, 2.75) is 31.3 Å². The fraction of sp³-hybridized carbons (Fsp3) is 0.500. The number of nitro groups is 1. The predicted octanol–water partition coefficient (Wildman–Crippen LogP) is 2.06. The van der Waals surface area contributed by atoms with E-state index in [0.717, 1.165) is 18.4 Å². The van der Waals surface area contributed by atoms with Gasteiger partial charge in [0, 0.05) is 6.07 Å². The summed E-state index contributed by atoms with van der Waals surface area (Å²) < 4.78 is 4.93. The molecule has 1 N–H and O–H groups in total. The molecular formula is C12H15NO4. The van der Waals surface area contributed by atoms with Crippen molar-refractivity contribution in [3.63, 3.8) is 0 Å². The van der Waals surface area contributed by atoms with Gasteiger partial charge in [0.25, 0.3) is 0 Å². The van der Waals surface area contributed by atoms with Crippen LogP contribution in [0.15, 0.2) is 18.2 Å². The van der Waals surface area contributed by atoms with Gasteiger partial charge in [-0.05, 0) is 37.3 Å². The van der Waals surface area contributed by atoms with Gasteiger partial charge in [0.2, 0.25) is 0 Å². The molecule has 0 saturated heterocycles. The van der Waals surface area contributed by atoms with Crippen LogP contribution in [0.25, 0.3) is 0 Å². The van der Waals surface area contributed by atoms with Crippen LogP contribution in [0.2, 0.25) is 0 Å². The summed E-state index contributed by atoms with van der Waals surface area (Å²) in [6, 6.07) is 4.92. The highest BCUT2D eigenvalue weighted by Gasteiger charge is 2.39. The monoisotopic (exact) mass is 237 g/mol. The molecule has 1 aromatic carbocycles. The van der Waals surface area contributed by atoms with Crippen molar-refractivity contribution in [1.82, 2.24) is 0 Å². The Morgan fingerprint density at radius 3 is 2.76 bits per heavy atom. The normalized spacial score (nSPS) is 16.6. The van der Waals surface area contributed by atoms with Gasteiger partial charge in [0.15, 0.2) is 5.75 Å². The summed E-state index contributed by atoms with van der Waals surface area (Å²) >= 11 is 0. The SMILES string of the molecule is COc1ccc(CCC2(O)CC2)cc1[N+](=O)[O-]. The lowest BCUT2D eigenvalue weighted by Gasteiger charge is -2.08. The number of hydrogen-bond acceptors (Lipinski definition) is 4. The standard InChI is InChI=1S/C12H15NO4/c1-17-11-3-2-9(8-10(11)13(15)16)4-5-12(14)6-7-12/h2-3,8,14H,4-7H2,1H3. The maximum Gasteiger partial charge on any atom is 0.311 e. The van der Waals surface area contributed by atoms with E-state index in [-0.39, 0.29) is 11.4 Å². The molecule has 1 aliphatic rings. The second-order valence-electron chi connectivity index (χ2n) is 4.49. The van der Waals surface area contributed by atoms with Gasteiger partial charge < -0.3 is 9.84 Å². The Kier molecular flexibility index (Phi) is 3.02. The third-order valence-electron chi connectivity index (χ3n) is 3.15. The molecule has 0 radical (unpaired) electrons. The second-order valence-corrected chi connectivity index (χ2v) is 4.49. The molecule has 5 heteroatoms. The van der Waals surface area contributed by atoms with Gasteiger partial charge in [-0.3, -0.25) is 10.1 Å². The van der Waals surface area contributed by atoms with E-state index < -0.39 is 10.5 Å². The van der Waals surface area contributed by atoms with Gasteiger partial charge in [-0.1, -0.05) is 6.07 Å². The Bertz CT molecular complexity index is 440. The molecule has 1 fully saturated rings. The molecule has 0 bridgehead atoms. The van der Waals surface area contributed by atoms with Crippen LogP contribution < -0.4 is 4.74 Å². The Hall–Kier alpha value is -1.62. The first-order chi connectivity index (χ1) is 8.04. The molecule has 0 aliphatic heterocycles. The zero-order valence-corrected chi connectivity index (χ0v) is 9.68. The molecule has 1 aromatic rings. The van der Waals surface area contributed by atoms with E-state index in [0.29, 0.717) is 12.8 Å². The number of benzene rings is 1. The van der Waals surface area contributed by atoms with Crippen molar-refractivity contribution < 1.29 is 14.8 Å². The zero-order chi connectivity index (χ0) is 12.5. The highest BCUT2D eigenvalue weighted by atomic mass is 16.6. The molecule has 5 nitrogen and oxygen atoms in total. The lowest BCUT2D eigenvalue weighted by atomic mass is 10.0. The fourth-order valence-electron chi connectivity index (χ4n) is 1.81. The number of methoxy groups -OCH3 is 1. The van der Waals surface area contributed by atoms with Gasteiger partial charge >= 0.3 is 5.69 Å². The van der Waals surface area contributed by atoms with Gasteiger partial charge in [0.05, 0.1) is 17.6 Å². The van der Waals surface area contributed by atoms with Crippen molar-refractivity contribution in [3.8, 4) is 5.75 Å². The topological polar surface area (TPSA) is 72.6 Å². The summed E-state index contributed by atoms with van der Waals surface area (Å²) in [5, 5.41) is 20.5. The minimum atomic E-state index is -0.519. The first-order valence-electron chi connectivity index (χ1n) is 5.58. The largest absolute Gasteiger partial charge is 0.490 e. The number of nitro benzene ring substituents is 1. The smallest absolute Gasteiger partial charge is 0.311 e. The maximum absolute atomic E-state index is 10.8. The van der Waals surface area contributed by atoms with E-state index in [1.807, 2.05) is 0 Å². The predicted molar refractivity (Wildman–Crippen MR) is 62.2 cm³/mol. The van der Waals surface area contributed by atoms with Crippen molar-refractivity contribution in [3.05, 3.63) is 33.9 Å². The second kappa shape index (κ2) is 4.33. The molecule has 2 rings (SSSR count). The molecule has 0 amide bonds. The van der Waals surface area contributed by atoms with Gasteiger partial charge in [-0.25, -0.2) is 0 Å². The summed E-state index contributed by atoms with van der Waals surface area (Å²) in [6.45, 7) is 0. The Morgan fingerprint density at radius 2 is 2.24 bits per heavy atom. The van der Waals surface area contributed by atoms with E-state index in [1.165, 1.54) is 13.2 Å². The van der Waals surface area contributed by atoms with E-state index in [1.54, 1.807) is 12.1 Å². The van der Waals surface area contributed by atoms with Crippen LogP contribution in [0.5, 0.6) is 5.75 Å². The molecule has 0 spiro atoms. The molecule has 92 valence electrons. The van der Waals surface area contributed by atoms with E-state index in [9.17, 15) is 15.2 Å². The Morgan fingerprint density at radius 1 is 1.53 bits per heavy atom. The fourth-order valence-corrected chi connectivity index (χ4v) is 1.81. The van der Waals surface area contributed by atoms with Crippen LogP contribution >= 0.6 is 0 Å². The summed E-state index contributed by atoms with van der Waals surface area (Å²) in [5.41, 5.74) is 0.319. The molecule has 0 aromatic heterocycles. The van der Waals surface area contributed by atoms with Gasteiger partial charge in [0.1, 0.15) is 0 Å². The number of rotatable bonds is 5. The van der Waals surface area contributed by atoms with Crippen molar-refractivity contribution in [1.29, 1.82) is 0 Å². The lowest BCUT2D eigenvalue weighted by Crippen LogP contribution is -2.07. The maximum atomic E-state index is 10.8. The average Bonchev–Trinajstić information content (AvgIpc) is 3.05. The summed E-state index contributed by atoms with van der Waals surface area (Å²) in [6.07, 6.45) is 2.99.